The lowest BCUT2D eigenvalue weighted by molar-refractivity contribution is -0.388. The number of nitro benzene ring substituents is 1. The Morgan fingerprint density at radius 2 is 1.76 bits per heavy atom. The fourth-order valence-electron chi connectivity index (χ4n) is 1.64. The van der Waals surface area contributed by atoms with Crippen LogP contribution in [-0.4, -0.2) is 19.6 Å². The Labute approximate surface area is 119 Å². The summed E-state index contributed by atoms with van der Waals surface area (Å²) in [5, 5.41) is 10.8. The average molecular weight is 311 g/mol. The van der Waals surface area contributed by atoms with E-state index < -0.39 is 26.3 Å². The molecule has 6 nitrogen and oxygen atoms in total. The molecular formula is C13H10FNO5S. The van der Waals surface area contributed by atoms with Gasteiger partial charge in [0, 0.05) is 6.26 Å². The smallest absolute Gasteiger partial charge is 0.346 e. The second kappa shape index (κ2) is 5.49. The van der Waals surface area contributed by atoms with Crippen LogP contribution in [0.5, 0.6) is 11.5 Å². The van der Waals surface area contributed by atoms with Crippen LogP contribution in [0.15, 0.2) is 47.4 Å². The van der Waals surface area contributed by atoms with Gasteiger partial charge in [0.05, 0.1) is 9.82 Å². The number of nitro groups is 1. The van der Waals surface area contributed by atoms with Crippen molar-refractivity contribution in [2.24, 2.45) is 0 Å². The SMILES string of the molecule is CS(=O)(=O)c1ccc(Oc2cccc(F)c2[N+](=O)[O-])cc1. The molecule has 0 N–H and O–H groups in total. The largest absolute Gasteiger partial charge is 0.450 e. The number of sulfone groups is 1. The molecule has 0 unspecified atom stereocenters. The van der Waals surface area contributed by atoms with Crippen LogP contribution < -0.4 is 4.74 Å². The molecule has 21 heavy (non-hydrogen) atoms. The highest BCUT2D eigenvalue weighted by atomic mass is 32.2. The summed E-state index contributed by atoms with van der Waals surface area (Å²) in [7, 11) is -3.34. The van der Waals surface area contributed by atoms with Crippen LogP contribution in [0.3, 0.4) is 0 Å². The molecule has 0 bridgehead atoms. The van der Waals surface area contributed by atoms with Gasteiger partial charge >= 0.3 is 5.69 Å². The lowest BCUT2D eigenvalue weighted by Gasteiger charge is -2.07. The topological polar surface area (TPSA) is 86.5 Å². The van der Waals surface area contributed by atoms with Gasteiger partial charge in [-0.25, -0.2) is 8.42 Å². The normalized spacial score (nSPS) is 11.1. The molecule has 2 rings (SSSR count). The molecule has 0 amide bonds. The number of halogens is 1. The minimum atomic E-state index is -3.34. The molecule has 0 heterocycles. The predicted molar refractivity (Wildman–Crippen MR) is 72.7 cm³/mol. The van der Waals surface area contributed by atoms with Gasteiger partial charge < -0.3 is 4.74 Å². The molecule has 8 heteroatoms. The Bertz CT molecular complexity index is 787. The van der Waals surface area contributed by atoms with Gasteiger partial charge in [0.2, 0.25) is 11.6 Å². The second-order valence-electron chi connectivity index (χ2n) is 4.19. The Morgan fingerprint density at radius 3 is 2.29 bits per heavy atom. The lowest BCUT2D eigenvalue weighted by atomic mass is 10.3. The summed E-state index contributed by atoms with van der Waals surface area (Å²) in [4.78, 5) is 10.0. The van der Waals surface area contributed by atoms with E-state index in [2.05, 4.69) is 0 Å². The van der Waals surface area contributed by atoms with Crippen molar-refractivity contribution in [2.75, 3.05) is 6.26 Å². The van der Waals surface area contributed by atoms with Crippen molar-refractivity contribution >= 4 is 15.5 Å². The van der Waals surface area contributed by atoms with E-state index in [0.717, 1.165) is 12.3 Å². The van der Waals surface area contributed by atoms with Gasteiger partial charge in [0.25, 0.3) is 0 Å². The summed E-state index contributed by atoms with van der Waals surface area (Å²) in [5.41, 5.74) is -0.773. The number of nitrogens with zero attached hydrogens (tertiary/aromatic N) is 1. The number of hydrogen-bond donors (Lipinski definition) is 0. The summed E-state index contributed by atoms with van der Waals surface area (Å²) in [6, 6.07) is 8.77. The zero-order valence-corrected chi connectivity index (χ0v) is 11.6. The van der Waals surface area contributed by atoms with Crippen molar-refractivity contribution in [2.45, 2.75) is 4.90 Å². The Balaban J connectivity index is 2.35. The molecule has 0 saturated heterocycles. The zero-order valence-electron chi connectivity index (χ0n) is 10.8. The van der Waals surface area contributed by atoms with Crippen molar-refractivity contribution in [1.29, 1.82) is 0 Å². The molecule has 0 spiro atoms. The molecule has 0 saturated carbocycles. The summed E-state index contributed by atoms with van der Waals surface area (Å²) >= 11 is 0. The van der Waals surface area contributed by atoms with Crippen LogP contribution in [0, 0.1) is 15.9 Å². The number of para-hydroxylation sites is 1. The zero-order chi connectivity index (χ0) is 15.6. The third kappa shape index (κ3) is 3.34. The first-order chi connectivity index (χ1) is 9.79. The van der Waals surface area contributed by atoms with Gasteiger partial charge in [0.15, 0.2) is 9.84 Å². The minimum absolute atomic E-state index is 0.0867. The van der Waals surface area contributed by atoms with Crippen LogP contribution in [-0.2, 0) is 9.84 Å². The lowest BCUT2D eigenvalue weighted by Crippen LogP contribution is -1.98. The maximum absolute atomic E-state index is 13.4. The number of ether oxygens (including phenoxy) is 1. The summed E-state index contributed by atoms with van der Waals surface area (Å²) in [6.07, 6.45) is 1.06. The van der Waals surface area contributed by atoms with Crippen LogP contribution in [0.2, 0.25) is 0 Å². The van der Waals surface area contributed by atoms with Gasteiger partial charge in [-0.15, -0.1) is 0 Å². The number of benzene rings is 2. The molecule has 0 aliphatic heterocycles. The van der Waals surface area contributed by atoms with Gasteiger partial charge in [-0.2, -0.15) is 4.39 Å². The molecule has 0 aromatic heterocycles. The number of hydrogen-bond acceptors (Lipinski definition) is 5. The first-order valence-corrected chi connectivity index (χ1v) is 7.59. The van der Waals surface area contributed by atoms with E-state index in [1.807, 2.05) is 0 Å². The highest BCUT2D eigenvalue weighted by Crippen LogP contribution is 2.33. The molecule has 110 valence electrons. The van der Waals surface area contributed by atoms with E-state index in [4.69, 9.17) is 4.74 Å². The third-order valence-corrected chi connectivity index (χ3v) is 3.74. The van der Waals surface area contributed by atoms with Gasteiger partial charge in [-0.05, 0) is 36.4 Å². The average Bonchev–Trinajstić information content (AvgIpc) is 2.38. The summed E-state index contributed by atoms with van der Waals surface area (Å²) < 4.78 is 41.3. The highest BCUT2D eigenvalue weighted by Gasteiger charge is 2.21. The van der Waals surface area contributed by atoms with Crippen molar-refractivity contribution in [3.8, 4) is 11.5 Å². The van der Waals surface area contributed by atoms with Crippen molar-refractivity contribution in [3.05, 3.63) is 58.4 Å². The molecule has 0 radical (unpaired) electrons. The fraction of sp³-hybridized carbons (Fsp3) is 0.0769. The first-order valence-electron chi connectivity index (χ1n) is 5.70. The van der Waals surface area contributed by atoms with E-state index in [1.54, 1.807) is 0 Å². The maximum Gasteiger partial charge on any atom is 0.346 e. The number of rotatable bonds is 4. The van der Waals surface area contributed by atoms with Crippen LogP contribution in [0.1, 0.15) is 0 Å². The van der Waals surface area contributed by atoms with E-state index in [0.29, 0.717) is 0 Å². The van der Waals surface area contributed by atoms with E-state index in [9.17, 15) is 22.9 Å². The van der Waals surface area contributed by atoms with Crippen molar-refractivity contribution in [3.63, 3.8) is 0 Å². The molecule has 2 aromatic rings. The third-order valence-electron chi connectivity index (χ3n) is 2.61. The second-order valence-corrected chi connectivity index (χ2v) is 6.21. The monoisotopic (exact) mass is 311 g/mol. The highest BCUT2D eigenvalue weighted by molar-refractivity contribution is 7.90. The van der Waals surface area contributed by atoms with E-state index >= 15 is 0 Å². The Hall–Kier alpha value is -2.48. The first kappa shape index (κ1) is 14.9. The van der Waals surface area contributed by atoms with Crippen molar-refractivity contribution < 1.29 is 22.5 Å². The van der Waals surface area contributed by atoms with Crippen molar-refractivity contribution in [1.82, 2.24) is 0 Å². The van der Waals surface area contributed by atoms with Crippen LogP contribution >= 0.6 is 0 Å². The molecule has 0 atom stereocenters. The van der Waals surface area contributed by atoms with Gasteiger partial charge in [-0.1, -0.05) is 6.07 Å². The molecule has 0 fully saturated rings. The van der Waals surface area contributed by atoms with E-state index in [1.165, 1.54) is 36.4 Å². The van der Waals surface area contributed by atoms with E-state index in [-0.39, 0.29) is 16.4 Å². The molecular weight excluding hydrogens is 301 g/mol. The van der Waals surface area contributed by atoms with Crippen LogP contribution in [0.25, 0.3) is 0 Å². The molecule has 2 aromatic carbocycles. The standard InChI is InChI=1S/C13H10FNO5S/c1-21(18,19)10-7-5-9(6-8-10)20-12-4-2-3-11(14)13(12)15(16)17/h2-8H,1H3. The summed E-state index contributed by atoms with van der Waals surface area (Å²) in [6.45, 7) is 0. The maximum atomic E-state index is 13.4. The minimum Gasteiger partial charge on any atom is -0.450 e. The quantitative estimate of drug-likeness (QED) is 0.640. The molecule has 0 aliphatic carbocycles. The summed E-state index contributed by atoms with van der Waals surface area (Å²) in [5.74, 6) is -1.10. The fourth-order valence-corrected chi connectivity index (χ4v) is 2.27. The van der Waals surface area contributed by atoms with Crippen LogP contribution in [0.4, 0.5) is 10.1 Å². The molecule has 0 aliphatic rings. The van der Waals surface area contributed by atoms with Gasteiger partial charge in [-0.3, -0.25) is 10.1 Å². The van der Waals surface area contributed by atoms with Gasteiger partial charge in [0.1, 0.15) is 5.75 Å². The predicted octanol–water partition coefficient (Wildman–Crippen LogP) is 2.93. The Morgan fingerprint density at radius 1 is 1.14 bits per heavy atom. The Kier molecular flexibility index (Phi) is 3.90.